The Morgan fingerprint density at radius 2 is 1.53 bits per heavy atom. The zero-order valence-corrected chi connectivity index (χ0v) is 24.8. The van der Waals surface area contributed by atoms with Crippen LogP contribution in [0.1, 0.15) is 24.3 Å². The maximum atomic E-state index is 13.2. The number of fused-ring (bicyclic) bond motifs is 1. The normalized spacial score (nSPS) is 11.2. The van der Waals surface area contributed by atoms with E-state index >= 15 is 0 Å². The zero-order valence-electron chi connectivity index (χ0n) is 24.8. The lowest BCUT2D eigenvalue weighted by atomic mass is 10.1. The molecule has 8 heteroatoms. The number of methoxy groups -OCH3 is 2. The van der Waals surface area contributed by atoms with Crippen molar-refractivity contribution in [1.29, 1.82) is 0 Å². The van der Waals surface area contributed by atoms with Crippen molar-refractivity contribution in [3.05, 3.63) is 114 Å². The first kappa shape index (κ1) is 29.8. The summed E-state index contributed by atoms with van der Waals surface area (Å²) in [5, 5.41) is 7.39. The Labute approximate surface area is 255 Å². The molecule has 0 fully saturated rings. The number of aromatic nitrogens is 2. The first-order valence-corrected chi connectivity index (χ1v) is 14.3. The Morgan fingerprint density at radius 1 is 0.837 bits per heavy atom. The summed E-state index contributed by atoms with van der Waals surface area (Å²) in [6.45, 7) is 5.62. The van der Waals surface area contributed by atoms with Crippen LogP contribution in [0.3, 0.4) is 0 Å². The second kappa shape index (κ2) is 14.5. The van der Waals surface area contributed by atoms with Gasteiger partial charge in [0.1, 0.15) is 0 Å². The molecule has 43 heavy (non-hydrogen) atoms. The van der Waals surface area contributed by atoms with E-state index in [1.165, 1.54) is 0 Å². The number of carbonyl (C=O) groups excluding carboxylic acids is 1. The van der Waals surface area contributed by atoms with Gasteiger partial charge in [0, 0.05) is 64.6 Å². The lowest BCUT2D eigenvalue weighted by Crippen LogP contribution is -2.30. The van der Waals surface area contributed by atoms with Gasteiger partial charge >= 0.3 is 0 Å². The second-order valence-electron chi connectivity index (χ2n) is 10.3. The quantitative estimate of drug-likeness (QED) is 0.153. The number of amides is 1. The third-order valence-electron chi connectivity index (χ3n) is 7.23. The van der Waals surface area contributed by atoms with E-state index in [-0.39, 0.29) is 8.76 Å². The number of aryl methyl sites for hydroxylation is 1. The number of rotatable bonds is 13. The average Bonchev–Trinajstić information content (AvgIpc) is 3.04. The van der Waals surface area contributed by atoms with Gasteiger partial charge in [0.25, 0.3) is 5.91 Å². The Balaban J connectivity index is 0.00000276. The molecule has 0 aliphatic heterocycles. The largest absolute Gasteiger partial charge is 0.383 e. The summed E-state index contributed by atoms with van der Waals surface area (Å²) >= 11 is 0. The highest BCUT2D eigenvalue weighted by Gasteiger charge is 2.13. The third kappa shape index (κ3) is 7.81. The monoisotopic (exact) mass is 579 g/mol. The second-order valence-corrected chi connectivity index (χ2v) is 10.3. The summed E-state index contributed by atoms with van der Waals surface area (Å²) in [7, 11) is 3.41. The van der Waals surface area contributed by atoms with Crippen LogP contribution in [0.5, 0.6) is 0 Å². The Bertz CT molecular complexity index is 1660. The summed E-state index contributed by atoms with van der Waals surface area (Å²) in [4.78, 5) is 25.0. The van der Waals surface area contributed by atoms with Crippen molar-refractivity contribution in [1.82, 2.24) is 14.9 Å². The molecule has 0 aliphatic carbocycles. The molecule has 0 atom stereocenters. The van der Waals surface area contributed by atoms with Crippen LogP contribution in [0.2, 0.25) is 0 Å². The number of ether oxygens (including phenoxy) is 2. The summed E-state index contributed by atoms with van der Waals surface area (Å²) < 4.78 is 10.5. The Hall–Kier alpha value is -4.63. The van der Waals surface area contributed by atoms with Crippen molar-refractivity contribution in [2.75, 3.05) is 51.2 Å². The van der Waals surface area contributed by atoms with E-state index in [0.717, 1.165) is 64.3 Å². The van der Waals surface area contributed by atoms with Gasteiger partial charge in [0.15, 0.2) is 0 Å². The summed E-state index contributed by atoms with van der Waals surface area (Å²) in [5.74, 6) is 0.322. The standard InChI is InChI=1S/C35H37N5O3.2H2/c1-25-13-14-26(24-40(19-21-42-2)20-22-43-3)23-32(25)37-34(41)28-15-17-29(18-16-28)36-35-38-31-12-8-7-11-30(31)33(39-35)27-9-5-4-6-10-27;;/h4-18,23H,19-22,24H2,1-3H3,(H,37,41)(H,36,38,39);2*1H. The van der Waals surface area contributed by atoms with Crippen molar-refractivity contribution < 1.29 is 17.1 Å². The maximum absolute atomic E-state index is 13.2. The molecule has 1 amide bonds. The molecule has 0 aliphatic rings. The molecule has 1 heterocycles. The minimum atomic E-state index is -0.171. The predicted molar refractivity (Wildman–Crippen MR) is 177 cm³/mol. The fourth-order valence-electron chi connectivity index (χ4n) is 4.85. The van der Waals surface area contributed by atoms with Crippen LogP contribution in [0, 0.1) is 6.92 Å². The highest BCUT2D eigenvalue weighted by Crippen LogP contribution is 2.28. The topological polar surface area (TPSA) is 88.6 Å². The van der Waals surface area contributed by atoms with Gasteiger partial charge in [-0.15, -0.1) is 0 Å². The van der Waals surface area contributed by atoms with E-state index in [9.17, 15) is 4.79 Å². The number of anilines is 3. The molecule has 0 radical (unpaired) electrons. The van der Waals surface area contributed by atoms with Gasteiger partial charge in [-0.25, -0.2) is 9.97 Å². The minimum absolute atomic E-state index is 0. The van der Waals surface area contributed by atoms with Crippen LogP contribution >= 0.6 is 0 Å². The molecular weight excluding hydrogens is 538 g/mol. The van der Waals surface area contributed by atoms with Gasteiger partial charge in [-0.2, -0.15) is 0 Å². The molecule has 0 saturated carbocycles. The number of para-hydroxylation sites is 1. The summed E-state index contributed by atoms with van der Waals surface area (Å²) in [6, 6.07) is 31.6. The maximum Gasteiger partial charge on any atom is 0.255 e. The van der Waals surface area contributed by atoms with Gasteiger partial charge in [-0.05, 0) is 54.4 Å². The van der Waals surface area contributed by atoms with Crippen LogP contribution in [0.15, 0.2) is 97.1 Å². The molecule has 0 unspecified atom stereocenters. The number of hydrogen-bond donors (Lipinski definition) is 2. The number of nitrogens with one attached hydrogen (secondary N) is 2. The third-order valence-corrected chi connectivity index (χ3v) is 7.23. The van der Waals surface area contributed by atoms with Crippen molar-refractivity contribution in [3.8, 4) is 11.3 Å². The van der Waals surface area contributed by atoms with Crippen molar-refractivity contribution in [2.24, 2.45) is 0 Å². The molecule has 8 nitrogen and oxygen atoms in total. The predicted octanol–water partition coefficient (Wildman–Crippen LogP) is 7.19. The molecule has 5 rings (SSSR count). The van der Waals surface area contributed by atoms with Crippen LogP contribution in [-0.2, 0) is 16.0 Å². The summed E-state index contributed by atoms with van der Waals surface area (Å²) in [6.07, 6.45) is 0. The van der Waals surface area contributed by atoms with Crippen LogP contribution in [0.4, 0.5) is 17.3 Å². The smallest absolute Gasteiger partial charge is 0.255 e. The SMILES string of the molecule is COCCN(CCOC)Cc1ccc(C)c(NC(=O)c2ccc(Nc3nc(-c4ccccc4)c4ccccc4n3)cc2)c1.[HH].[HH]. The molecule has 0 saturated heterocycles. The molecule has 224 valence electrons. The first-order valence-electron chi connectivity index (χ1n) is 14.3. The first-order chi connectivity index (χ1) is 21.0. The van der Waals surface area contributed by atoms with E-state index in [1.807, 2.05) is 85.8 Å². The number of nitrogens with zero attached hydrogens (tertiary/aromatic N) is 3. The van der Waals surface area contributed by atoms with Gasteiger partial charge in [-0.1, -0.05) is 60.7 Å². The molecular formula is C35H41N5O3. The van der Waals surface area contributed by atoms with Gasteiger partial charge in [-0.3, -0.25) is 9.69 Å². The number of benzene rings is 4. The molecule has 2 N–H and O–H groups in total. The zero-order chi connectivity index (χ0) is 30.0. The van der Waals surface area contributed by atoms with Crippen LogP contribution in [0.25, 0.3) is 22.2 Å². The lowest BCUT2D eigenvalue weighted by molar-refractivity contribution is 0.102. The molecule has 5 aromatic rings. The Kier molecular flexibility index (Phi) is 10.1. The molecule has 0 bridgehead atoms. The van der Waals surface area contributed by atoms with Crippen molar-refractivity contribution in [2.45, 2.75) is 13.5 Å². The fraction of sp³-hybridized carbons (Fsp3) is 0.229. The minimum Gasteiger partial charge on any atom is -0.383 e. The van der Waals surface area contributed by atoms with E-state index in [1.54, 1.807) is 26.4 Å². The lowest BCUT2D eigenvalue weighted by Gasteiger charge is -2.22. The fourth-order valence-corrected chi connectivity index (χ4v) is 4.85. The Morgan fingerprint density at radius 3 is 2.26 bits per heavy atom. The highest BCUT2D eigenvalue weighted by atomic mass is 16.5. The molecule has 0 spiro atoms. The summed E-state index contributed by atoms with van der Waals surface area (Å²) in [5.41, 5.74) is 6.99. The van der Waals surface area contributed by atoms with E-state index in [0.29, 0.717) is 24.7 Å². The van der Waals surface area contributed by atoms with Crippen molar-refractivity contribution >= 4 is 34.1 Å². The van der Waals surface area contributed by atoms with E-state index < -0.39 is 0 Å². The van der Waals surface area contributed by atoms with Crippen LogP contribution < -0.4 is 10.6 Å². The average molecular weight is 580 g/mol. The van der Waals surface area contributed by atoms with Gasteiger partial charge in [0.2, 0.25) is 5.95 Å². The van der Waals surface area contributed by atoms with Crippen LogP contribution in [-0.4, -0.2) is 61.3 Å². The van der Waals surface area contributed by atoms with Crippen molar-refractivity contribution in [3.63, 3.8) is 0 Å². The number of carbonyl (C=O) groups is 1. The van der Waals surface area contributed by atoms with Gasteiger partial charge < -0.3 is 20.1 Å². The molecule has 1 aromatic heterocycles. The number of hydrogen-bond acceptors (Lipinski definition) is 7. The van der Waals surface area contributed by atoms with Gasteiger partial charge in [0.05, 0.1) is 24.4 Å². The van der Waals surface area contributed by atoms with E-state index in [4.69, 9.17) is 19.4 Å². The van der Waals surface area contributed by atoms with E-state index in [2.05, 4.69) is 21.6 Å². The molecule has 4 aromatic carbocycles. The highest BCUT2D eigenvalue weighted by molar-refractivity contribution is 6.05.